The van der Waals surface area contributed by atoms with Gasteiger partial charge in [0.15, 0.2) is 11.6 Å². The first-order chi connectivity index (χ1) is 8.61. The number of hydrogen-bond donors (Lipinski definition) is 1. The van der Waals surface area contributed by atoms with Gasteiger partial charge in [0.1, 0.15) is 0 Å². The summed E-state index contributed by atoms with van der Waals surface area (Å²) in [6.45, 7) is 2.43. The molecular weight excluding hydrogens is 240 g/mol. The highest BCUT2D eigenvalue weighted by molar-refractivity contribution is 5.54. The zero-order chi connectivity index (χ0) is 13.1. The number of nitrogens with two attached hydrogens (primary N) is 1. The lowest BCUT2D eigenvalue weighted by Gasteiger charge is -2.01. The molecule has 0 aliphatic rings. The van der Waals surface area contributed by atoms with E-state index in [4.69, 9.17) is 10.3 Å². The summed E-state index contributed by atoms with van der Waals surface area (Å²) >= 11 is 0. The minimum Gasteiger partial charge on any atom is -0.339 e. The fourth-order valence-electron chi connectivity index (χ4n) is 1.56. The van der Waals surface area contributed by atoms with Gasteiger partial charge in [0.2, 0.25) is 11.7 Å². The number of benzene rings is 1. The third-order valence-corrected chi connectivity index (χ3v) is 2.64. The second-order valence-corrected chi connectivity index (χ2v) is 4.06. The standard InChI is InChI=1S/C12H13F2N3O/c1-7(4-5-15)12-16-11(17-18-12)8-2-3-9(13)10(14)6-8/h2-3,6-7H,4-5,15H2,1H3. The molecule has 0 amide bonds. The van der Waals surface area contributed by atoms with Crippen LogP contribution in [-0.2, 0) is 0 Å². The van der Waals surface area contributed by atoms with E-state index in [0.717, 1.165) is 18.6 Å². The van der Waals surface area contributed by atoms with Gasteiger partial charge in [-0.15, -0.1) is 0 Å². The monoisotopic (exact) mass is 253 g/mol. The molecule has 0 saturated carbocycles. The Labute approximate surface area is 103 Å². The molecule has 6 heteroatoms. The van der Waals surface area contributed by atoms with Gasteiger partial charge in [0.05, 0.1) is 0 Å². The van der Waals surface area contributed by atoms with Gasteiger partial charge in [-0.2, -0.15) is 4.98 Å². The van der Waals surface area contributed by atoms with Crippen LogP contribution in [-0.4, -0.2) is 16.7 Å². The van der Waals surface area contributed by atoms with Gasteiger partial charge < -0.3 is 10.3 Å². The van der Waals surface area contributed by atoms with Crippen LogP contribution in [0.5, 0.6) is 0 Å². The molecule has 1 aromatic carbocycles. The van der Waals surface area contributed by atoms with E-state index in [-0.39, 0.29) is 11.7 Å². The molecule has 18 heavy (non-hydrogen) atoms. The Balaban J connectivity index is 2.26. The number of hydrogen-bond acceptors (Lipinski definition) is 4. The van der Waals surface area contributed by atoms with Gasteiger partial charge in [0, 0.05) is 11.5 Å². The quantitative estimate of drug-likeness (QED) is 0.909. The van der Waals surface area contributed by atoms with Crippen molar-refractivity contribution in [2.75, 3.05) is 6.54 Å². The van der Waals surface area contributed by atoms with E-state index >= 15 is 0 Å². The molecule has 1 atom stereocenters. The molecule has 2 rings (SSSR count). The molecule has 2 N–H and O–H groups in total. The van der Waals surface area contributed by atoms with Crippen molar-refractivity contribution in [2.24, 2.45) is 5.73 Å². The summed E-state index contributed by atoms with van der Waals surface area (Å²) in [4.78, 5) is 4.15. The summed E-state index contributed by atoms with van der Waals surface area (Å²) in [5.74, 6) is -1.11. The van der Waals surface area contributed by atoms with Crippen LogP contribution in [0.15, 0.2) is 22.7 Å². The van der Waals surface area contributed by atoms with Crippen LogP contribution < -0.4 is 5.73 Å². The number of aromatic nitrogens is 2. The average molecular weight is 253 g/mol. The van der Waals surface area contributed by atoms with Gasteiger partial charge in [-0.1, -0.05) is 12.1 Å². The Morgan fingerprint density at radius 3 is 2.78 bits per heavy atom. The van der Waals surface area contributed by atoms with Crippen molar-refractivity contribution in [3.63, 3.8) is 0 Å². The van der Waals surface area contributed by atoms with E-state index in [9.17, 15) is 8.78 Å². The largest absolute Gasteiger partial charge is 0.339 e. The fourth-order valence-corrected chi connectivity index (χ4v) is 1.56. The van der Waals surface area contributed by atoms with E-state index in [1.165, 1.54) is 6.07 Å². The zero-order valence-electron chi connectivity index (χ0n) is 9.86. The lowest BCUT2D eigenvalue weighted by atomic mass is 10.1. The molecule has 0 spiro atoms. The molecule has 0 radical (unpaired) electrons. The second kappa shape index (κ2) is 5.22. The van der Waals surface area contributed by atoms with Crippen molar-refractivity contribution in [2.45, 2.75) is 19.3 Å². The van der Waals surface area contributed by atoms with Crippen LogP contribution in [0.4, 0.5) is 8.78 Å². The lowest BCUT2D eigenvalue weighted by Crippen LogP contribution is -2.04. The molecule has 0 aliphatic carbocycles. The Kier molecular flexibility index (Phi) is 3.66. The Morgan fingerprint density at radius 1 is 1.33 bits per heavy atom. The van der Waals surface area contributed by atoms with Crippen LogP contribution in [0, 0.1) is 11.6 Å². The minimum atomic E-state index is -0.936. The second-order valence-electron chi connectivity index (χ2n) is 4.06. The highest BCUT2D eigenvalue weighted by Crippen LogP contribution is 2.22. The van der Waals surface area contributed by atoms with Crippen LogP contribution in [0.25, 0.3) is 11.4 Å². The normalized spacial score (nSPS) is 12.7. The summed E-state index contributed by atoms with van der Waals surface area (Å²) in [5.41, 5.74) is 5.82. The first-order valence-electron chi connectivity index (χ1n) is 5.61. The van der Waals surface area contributed by atoms with E-state index in [1.807, 2.05) is 6.92 Å². The lowest BCUT2D eigenvalue weighted by molar-refractivity contribution is 0.355. The molecule has 1 unspecified atom stereocenters. The van der Waals surface area contributed by atoms with E-state index < -0.39 is 11.6 Å². The van der Waals surface area contributed by atoms with Crippen molar-refractivity contribution in [3.8, 4) is 11.4 Å². The van der Waals surface area contributed by atoms with Gasteiger partial charge in [-0.05, 0) is 31.2 Å². The zero-order valence-corrected chi connectivity index (χ0v) is 9.86. The van der Waals surface area contributed by atoms with Crippen molar-refractivity contribution in [3.05, 3.63) is 35.7 Å². The van der Waals surface area contributed by atoms with E-state index in [2.05, 4.69) is 10.1 Å². The molecular formula is C12H13F2N3O. The average Bonchev–Trinajstić information content (AvgIpc) is 2.82. The summed E-state index contributed by atoms with van der Waals surface area (Å²) < 4.78 is 30.9. The van der Waals surface area contributed by atoms with Crippen molar-refractivity contribution >= 4 is 0 Å². The third-order valence-electron chi connectivity index (χ3n) is 2.64. The SMILES string of the molecule is CC(CCN)c1nc(-c2ccc(F)c(F)c2)no1. The summed E-state index contributed by atoms with van der Waals surface area (Å²) in [5, 5.41) is 3.74. The predicted molar refractivity (Wildman–Crippen MR) is 61.7 cm³/mol. The van der Waals surface area contributed by atoms with Crippen LogP contribution in [0.3, 0.4) is 0 Å². The van der Waals surface area contributed by atoms with Crippen LogP contribution in [0.1, 0.15) is 25.2 Å². The third kappa shape index (κ3) is 2.53. The maximum atomic E-state index is 13.1. The van der Waals surface area contributed by atoms with Crippen molar-refractivity contribution in [1.29, 1.82) is 0 Å². The molecule has 0 saturated heterocycles. The first-order valence-corrected chi connectivity index (χ1v) is 5.61. The van der Waals surface area contributed by atoms with Gasteiger partial charge in [-0.25, -0.2) is 8.78 Å². The van der Waals surface area contributed by atoms with Crippen molar-refractivity contribution < 1.29 is 13.3 Å². The topological polar surface area (TPSA) is 64.9 Å². The molecule has 1 heterocycles. The number of halogens is 2. The number of nitrogens with zero attached hydrogens (tertiary/aromatic N) is 2. The Bertz CT molecular complexity index is 542. The molecule has 0 fully saturated rings. The summed E-state index contributed by atoms with van der Waals surface area (Å²) in [6.07, 6.45) is 0.722. The fraction of sp³-hybridized carbons (Fsp3) is 0.333. The first kappa shape index (κ1) is 12.6. The van der Waals surface area contributed by atoms with Crippen LogP contribution in [0.2, 0.25) is 0 Å². The van der Waals surface area contributed by atoms with Gasteiger partial charge in [-0.3, -0.25) is 0 Å². The van der Waals surface area contributed by atoms with Gasteiger partial charge >= 0.3 is 0 Å². The van der Waals surface area contributed by atoms with Crippen LogP contribution >= 0.6 is 0 Å². The Morgan fingerprint density at radius 2 is 2.11 bits per heavy atom. The predicted octanol–water partition coefficient (Wildman–Crippen LogP) is 2.47. The molecule has 2 aromatic rings. The molecule has 96 valence electrons. The number of rotatable bonds is 4. The molecule has 1 aromatic heterocycles. The summed E-state index contributed by atoms with van der Waals surface area (Å²) in [7, 11) is 0. The van der Waals surface area contributed by atoms with Gasteiger partial charge in [0.25, 0.3) is 0 Å². The maximum absolute atomic E-state index is 13.1. The van der Waals surface area contributed by atoms with Crippen molar-refractivity contribution in [1.82, 2.24) is 10.1 Å². The highest BCUT2D eigenvalue weighted by atomic mass is 19.2. The Hall–Kier alpha value is -1.82. The highest BCUT2D eigenvalue weighted by Gasteiger charge is 2.15. The molecule has 0 bridgehead atoms. The molecule has 0 aliphatic heterocycles. The summed E-state index contributed by atoms with van der Waals surface area (Å²) in [6, 6.07) is 3.47. The smallest absolute Gasteiger partial charge is 0.229 e. The van der Waals surface area contributed by atoms with E-state index in [1.54, 1.807) is 0 Å². The maximum Gasteiger partial charge on any atom is 0.229 e. The molecule has 4 nitrogen and oxygen atoms in total. The minimum absolute atomic E-state index is 0.0431. The van der Waals surface area contributed by atoms with E-state index in [0.29, 0.717) is 18.0 Å².